The van der Waals surface area contributed by atoms with Crippen molar-refractivity contribution in [3.8, 4) is 0 Å². The number of Topliss-reactive ketones (excluding diaryl/α,β-unsaturated/α-hetero) is 1. The van der Waals surface area contributed by atoms with Crippen molar-refractivity contribution in [2.75, 3.05) is 19.8 Å². The normalized spacial score (nSPS) is 10.8. The van der Waals surface area contributed by atoms with Crippen LogP contribution >= 0.6 is 0 Å². The topological polar surface area (TPSA) is 55.4 Å². The van der Waals surface area contributed by atoms with Gasteiger partial charge in [0.25, 0.3) is 0 Å². The van der Waals surface area contributed by atoms with Crippen molar-refractivity contribution < 1.29 is 14.3 Å². The van der Waals surface area contributed by atoms with E-state index in [1.807, 2.05) is 20.8 Å². The van der Waals surface area contributed by atoms with Crippen LogP contribution in [0.3, 0.4) is 0 Å². The van der Waals surface area contributed by atoms with Crippen molar-refractivity contribution in [1.29, 1.82) is 0 Å². The molecule has 0 radical (unpaired) electrons. The van der Waals surface area contributed by atoms with Crippen LogP contribution in [0.15, 0.2) is 0 Å². The predicted molar refractivity (Wildman–Crippen MR) is 81.7 cm³/mol. The Morgan fingerprint density at radius 1 is 1.00 bits per heavy atom. The molecule has 0 atom stereocenters. The van der Waals surface area contributed by atoms with Crippen LogP contribution in [0.25, 0.3) is 0 Å². The number of rotatable bonds is 13. The molecule has 0 spiro atoms. The quantitative estimate of drug-likeness (QED) is 0.529. The summed E-state index contributed by atoms with van der Waals surface area (Å²) < 4.78 is 5.28. The highest BCUT2D eigenvalue weighted by Gasteiger charge is 2.04. The number of ether oxygens (including phenoxy) is 1. The number of ketones is 1. The lowest BCUT2D eigenvalue weighted by molar-refractivity contribution is -0.124. The monoisotopic (exact) mass is 285 g/mol. The molecule has 0 heterocycles. The molecule has 1 N–H and O–H groups in total. The van der Waals surface area contributed by atoms with E-state index in [4.69, 9.17) is 4.74 Å². The van der Waals surface area contributed by atoms with Gasteiger partial charge >= 0.3 is 0 Å². The number of carbonyl (C=O) groups excluding carboxylic acids is 2. The highest BCUT2D eigenvalue weighted by Crippen LogP contribution is 2.05. The smallest absolute Gasteiger partial charge is 0.222 e. The molecule has 0 aromatic rings. The zero-order chi connectivity index (χ0) is 15.2. The largest absolute Gasteiger partial charge is 0.374 e. The Morgan fingerprint density at radius 3 is 2.20 bits per heavy atom. The third kappa shape index (κ3) is 12.2. The third-order valence-electron chi connectivity index (χ3n) is 3.20. The minimum Gasteiger partial charge on any atom is -0.374 e. The van der Waals surface area contributed by atoms with Gasteiger partial charge in [0.15, 0.2) is 5.78 Å². The molecule has 0 bridgehead atoms. The van der Waals surface area contributed by atoms with E-state index >= 15 is 0 Å². The second-order valence-electron chi connectivity index (χ2n) is 5.51. The van der Waals surface area contributed by atoms with Crippen LogP contribution in [0, 0.1) is 5.92 Å². The summed E-state index contributed by atoms with van der Waals surface area (Å²) in [6, 6.07) is 0. The Hall–Kier alpha value is -0.900. The summed E-state index contributed by atoms with van der Waals surface area (Å²) in [4.78, 5) is 22.3. The Balaban J connectivity index is 3.14. The van der Waals surface area contributed by atoms with E-state index in [2.05, 4.69) is 5.32 Å². The van der Waals surface area contributed by atoms with Crippen LogP contribution in [-0.4, -0.2) is 31.4 Å². The molecule has 0 fully saturated rings. The molecule has 0 aliphatic rings. The van der Waals surface area contributed by atoms with E-state index in [0.29, 0.717) is 13.0 Å². The fraction of sp³-hybridized carbons (Fsp3) is 0.875. The molecular formula is C16H31NO3. The molecule has 0 saturated carbocycles. The molecule has 0 unspecified atom stereocenters. The Bertz CT molecular complexity index is 264. The van der Waals surface area contributed by atoms with Crippen molar-refractivity contribution in [3.05, 3.63) is 0 Å². The number of amides is 1. The van der Waals surface area contributed by atoms with Crippen LogP contribution < -0.4 is 5.32 Å². The van der Waals surface area contributed by atoms with Crippen molar-refractivity contribution in [2.45, 2.75) is 65.7 Å². The number of hydrogen-bond donors (Lipinski definition) is 1. The summed E-state index contributed by atoms with van der Waals surface area (Å²) in [6.45, 7) is 7.42. The van der Waals surface area contributed by atoms with Crippen molar-refractivity contribution in [2.24, 2.45) is 5.92 Å². The van der Waals surface area contributed by atoms with Crippen LogP contribution in [-0.2, 0) is 14.3 Å². The third-order valence-corrected chi connectivity index (χ3v) is 3.20. The van der Waals surface area contributed by atoms with Crippen molar-refractivity contribution in [1.82, 2.24) is 5.32 Å². The lowest BCUT2D eigenvalue weighted by Gasteiger charge is -2.07. The first-order valence-corrected chi connectivity index (χ1v) is 7.95. The highest BCUT2D eigenvalue weighted by molar-refractivity contribution is 5.79. The van der Waals surface area contributed by atoms with Crippen LogP contribution in [0.5, 0.6) is 0 Å². The Labute approximate surface area is 123 Å². The van der Waals surface area contributed by atoms with Gasteiger partial charge in [-0.1, -0.05) is 46.5 Å². The van der Waals surface area contributed by atoms with Gasteiger partial charge in [-0.05, 0) is 12.8 Å². The summed E-state index contributed by atoms with van der Waals surface area (Å²) in [5.74, 6) is 0.395. The van der Waals surface area contributed by atoms with Crippen LogP contribution in [0.1, 0.15) is 65.7 Å². The van der Waals surface area contributed by atoms with Gasteiger partial charge in [0.1, 0.15) is 6.61 Å². The SMILES string of the molecule is CCC(=O)COCCCCCCCCNC(=O)C(C)C. The average Bonchev–Trinajstić information content (AvgIpc) is 2.43. The maximum atomic E-state index is 11.3. The van der Waals surface area contributed by atoms with Gasteiger partial charge in [0, 0.05) is 25.5 Å². The molecule has 0 saturated heterocycles. The summed E-state index contributed by atoms with van der Waals surface area (Å²) in [5.41, 5.74) is 0. The van der Waals surface area contributed by atoms with E-state index in [0.717, 1.165) is 32.2 Å². The van der Waals surface area contributed by atoms with Gasteiger partial charge in [0.05, 0.1) is 0 Å². The molecule has 4 nitrogen and oxygen atoms in total. The average molecular weight is 285 g/mol. The second kappa shape index (κ2) is 13.1. The molecule has 0 aliphatic heterocycles. The first-order chi connectivity index (χ1) is 9.57. The maximum Gasteiger partial charge on any atom is 0.222 e. The second-order valence-corrected chi connectivity index (χ2v) is 5.51. The fourth-order valence-corrected chi connectivity index (χ4v) is 1.74. The fourth-order valence-electron chi connectivity index (χ4n) is 1.74. The summed E-state index contributed by atoms with van der Waals surface area (Å²) in [5, 5.41) is 2.93. The first-order valence-electron chi connectivity index (χ1n) is 7.95. The summed E-state index contributed by atoms with van der Waals surface area (Å²) >= 11 is 0. The van der Waals surface area contributed by atoms with Crippen LogP contribution in [0.4, 0.5) is 0 Å². The van der Waals surface area contributed by atoms with Crippen molar-refractivity contribution in [3.63, 3.8) is 0 Å². The standard InChI is InChI=1S/C16H31NO3/c1-4-15(18)13-20-12-10-8-6-5-7-9-11-17-16(19)14(2)3/h14H,4-13H2,1-3H3,(H,17,19). The molecule has 0 rings (SSSR count). The molecule has 4 heteroatoms. The zero-order valence-electron chi connectivity index (χ0n) is 13.4. The van der Waals surface area contributed by atoms with Crippen LogP contribution in [0.2, 0.25) is 0 Å². The van der Waals surface area contributed by atoms with E-state index in [9.17, 15) is 9.59 Å². The van der Waals surface area contributed by atoms with Gasteiger partial charge < -0.3 is 10.1 Å². The lowest BCUT2D eigenvalue weighted by atomic mass is 10.1. The number of hydrogen-bond acceptors (Lipinski definition) is 3. The molecule has 118 valence electrons. The summed E-state index contributed by atoms with van der Waals surface area (Å²) in [6.07, 6.45) is 7.36. The maximum absolute atomic E-state index is 11.3. The minimum atomic E-state index is 0.0783. The predicted octanol–water partition coefficient (Wildman–Crippen LogP) is 3.09. The van der Waals surface area contributed by atoms with Gasteiger partial charge in [-0.3, -0.25) is 9.59 Å². The zero-order valence-corrected chi connectivity index (χ0v) is 13.4. The lowest BCUT2D eigenvalue weighted by Crippen LogP contribution is -2.28. The van der Waals surface area contributed by atoms with Gasteiger partial charge in [-0.25, -0.2) is 0 Å². The van der Waals surface area contributed by atoms with Gasteiger partial charge in [0.2, 0.25) is 5.91 Å². The molecule has 20 heavy (non-hydrogen) atoms. The number of unbranched alkanes of at least 4 members (excludes halogenated alkanes) is 5. The van der Waals surface area contributed by atoms with E-state index in [1.165, 1.54) is 12.8 Å². The molecule has 0 aliphatic carbocycles. The molecule has 0 aromatic heterocycles. The van der Waals surface area contributed by atoms with Gasteiger partial charge in [-0.2, -0.15) is 0 Å². The van der Waals surface area contributed by atoms with E-state index in [-0.39, 0.29) is 24.2 Å². The number of carbonyl (C=O) groups is 2. The molecule has 1 amide bonds. The highest BCUT2D eigenvalue weighted by atomic mass is 16.5. The molecule has 0 aromatic carbocycles. The number of nitrogens with one attached hydrogen (secondary N) is 1. The first kappa shape index (κ1) is 19.1. The van der Waals surface area contributed by atoms with E-state index in [1.54, 1.807) is 0 Å². The van der Waals surface area contributed by atoms with Gasteiger partial charge in [-0.15, -0.1) is 0 Å². The minimum absolute atomic E-state index is 0.0783. The van der Waals surface area contributed by atoms with Crippen molar-refractivity contribution >= 4 is 11.7 Å². The Kier molecular flexibility index (Phi) is 12.5. The molecular weight excluding hydrogens is 254 g/mol. The Morgan fingerprint density at radius 2 is 1.60 bits per heavy atom. The van der Waals surface area contributed by atoms with E-state index < -0.39 is 0 Å². The summed E-state index contributed by atoms with van der Waals surface area (Å²) in [7, 11) is 0.